The minimum atomic E-state index is -0.403. The molecule has 0 aliphatic heterocycles. The normalized spacial score (nSPS) is 17.5. The molecule has 0 spiro atoms. The van der Waals surface area contributed by atoms with Gasteiger partial charge in [-0.1, -0.05) is 5.16 Å². The van der Waals surface area contributed by atoms with E-state index in [1.165, 1.54) is 0 Å². The van der Waals surface area contributed by atoms with Gasteiger partial charge >= 0.3 is 0 Å². The molecule has 2 heterocycles. The number of aliphatic hydroxyl groups is 1. The van der Waals surface area contributed by atoms with Crippen molar-refractivity contribution >= 4 is 0 Å². The molecular weight excluding hydrogens is 258 g/mol. The van der Waals surface area contributed by atoms with Crippen LogP contribution >= 0.6 is 0 Å². The number of aromatic nitrogens is 3. The minimum absolute atomic E-state index is 0.0812. The van der Waals surface area contributed by atoms with Gasteiger partial charge in [0.15, 0.2) is 0 Å². The summed E-state index contributed by atoms with van der Waals surface area (Å²) in [6.45, 7) is -0.0812. The molecule has 6 heteroatoms. The Morgan fingerprint density at radius 3 is 2.75 bits per heavy atom. The van der Waals surface area contributed by atoms with E-state index in [1.807, 2.05) is 6.07 Å². The summed E-state index contributed by atoms with van der Waals surface area (Å²) in [5.41, 5.74) is 0.947. The van der Waals surface area contributed by atoms with Gasteiger partial charge in [-0.3, -0.25) is 4.98 Å². The second-order valence-corrected chi connectivity index (χ2v) is 5.02. The molecule has 1 fully saturated rings. The maximum Gasteiger partial charge on any atom is 0.259 e. The molecule has 1 N–H and O–H groups in total. The lowest BCUT2D eigenvalue weighted by Gasteiger charge is -2.22. The molecule has 1 aliphatic carbocycles. The largest absolute Gasteiger partial charge is 0.390 e. The zero-order valence-electron chi connectivity index (χ0n) is 11.4. The lowest BCUT2D eigenvalue weighted by molar-refractivity contribution is -0.0178. The van der Waals surface area contributed by atoms with E-state index in [9.17, 15) is 0 Å². The predicted molar refractivity (Wildman–Crippen MR) is 70.6 cm³/mol. The first-order chi connectivity index (χ1) is 9.77. The van der Waals surface area contributed by atoms with Gasteiger partial charge in [0.25, 0.3) is 5.89 Å². The Labute approximate surface area is 116 Å². The highest BCUT2D eigenvalue weighted by molar-refractivity contribution is 5.51. The fourth-order valence-corrected chi connectivity index (χ4v) is 2.64. The van der Waals surface area contributed by atoms with Gasteiger partial charge in [0.1, 0.15) is 5.60 Å². The van der Waals surface area contributed by atoms with Gasteiger partial charge < -0.3 is 14.4 Å². The lowest BCUT2D eigenvalue weighted by Crippen LogP contribution is -2.25. The number of hydrogen-bond donors (Lipinski definition) is 1. The maximum atomic E-state index is 8.98. The van der Waals surface area contributed by atoms with Crippen LogP contribution in [-0.4, -0.2) is 27.3 Å². The van der Waals surface area contributed by atoms with Crippen molar-refractivity contribution in [2.24, 2.45) is 0 Å². The van der Waals surface area contributed by atoms with Gasteiger partial charge in [-0.05, 0) is 37.8 Å². The number of aliphatic hydroxyl groups excluding tert-OH is 1. The van der Waals surface area contributed by atoms with E-state index >= 15 is 0 Å². The van der Waals surface area contributed by atoms with E-state index < -0.39 is 5.60 Å². The van der Waals surface area contributed by atoms with Crippen LogP contribution in [0, 0.1) is 0 Å². The molecule has 1 saturated carbocycles. The van der Waals surface area contributed by atoms with Crippen LogP contribution in [0.2, 0.25) is 0 Å². The van der Waals surface area contributed by atoms with Crippen molar-refractivity contribution in [1.82, 2.24) is 15.1 Å². The first-order valence-electron chi connectivity index (χ1n) is 6.73. The summed E-state index contributed by atoms with van der Waals surface area (Å²) in [6.07, 6.45) is 5.69. The van der Waals surface area contributed by atoms with E-state index in [-0.39, 0.29) is 6.61 Å². The second kappa shape index (κ2) is 5.30. The average molecular weight is 275 g/mol. The van der Waals surface area contributed by atoms with Crippen molar-refractivity contribution in [3.63, 3.8) is 0 Å². The summed E-state index contributed by atoms with van der Waals surface area (Å²) >= 11 is 0. The molecule has 3 rings (SSSR count). The average Bonchev–Trinajstić information content (AvgIpc) is 3.17. The molecule has 0 unspecified atom stereocenters. The summed E-state index contributed by atoms with van der Waals surface area (Å²) in [5, 5.41) is 13.1. The SMILES string of the molecule is COC1(c2noc(-c3ccc(CO)nc3)n2)CCCC1. The quantitative estimate of drug-likeness (QED) is 0.919. The molecule has 0 radical (unpaired) electrons. The van der Waals surface area contributed by atoms with E-state index in [0.717, 1.165) is 31.2 Å². The van der Waals surface area contributed by atoms with Crippen molar-refractivity contribution in [1.29, 1.82) is 0 Å². The number of rotatable bonds is 4. The number of pyridine rings is 1. The number of methoxy groups -OCH3 is 1. The monoisotopic (exact) mass is 275 g/mol. The lowest BCUT2D eigenvalue weighted by atomic mass is 10.0. The maximum absolute atomic E-state index is 8.98. The molecule has 106 valence electrons. The molecule has 20 heavy (non-hydrogen) atoms. The standard InChI is InChI=1S/C14H17N3O3/c1-19-14(6-2-3-7-14)13-16-12(20-17-13)10-4-5-11(9-18)15-8-10/h4-5,8,18H,2-3,6-7,9H2,1H3. The zero-order chi connectivity index (χ0) is 14.0. The van der Waals surface area contributed by atoms with Crippen LogP contribution in [0.5, 0.6) is 0 Å². The van der Waals surface area contributed by atoms with Crippen LogP contribution in [0.25, 0.3) is 11.5 Å². The van der Waals surface area contributed by atoms with Crippen LogP contribution < -0.4 is 0 Å². The topological polar surface area (TPSA) is 81.3 Å². The Kier molecular flexibility index (Phi) is 3.50. The molecule has 0 saturated heterocycles. The summed E-state index contributed by atoms with van der Waals surface area (Å²) in [6, 6.07) is 3.55. The van der Waals surface area contributed by atoms with Gasteiger partial charge in [-0.25, -0.2) is 0 Å². The zero-order valence-corrected chi connectivity index (χ0v) is 11.4. The first-order valence-corrected chi connectivity index (χ1v) is 6.73. The van der Waals surface area contributed by atoms with Gasteiger partial charge in [0.2, 0.25) is 5.82 Å². The van der Waals surface area contributed by atoms with Crippen molar-refractivity contribution in [2.45, 2.75) is 37.9 Å². The molecule has 0 atom stereocenters. The van der Waals surface area contributed by atoms with E-state index in [1.54, 1.807) is 19.4 Å². The Balaban J connectivity index is 1.89. The molecule has 1 aliphatic rings. The van der Waals surface area contributed by atoms with Crippen LogP contribution in [0.15, 0.2) is 22.9 Å². The van der Waals surface area contributed by atoms with Crippen LogP contribution in [0.1, 0.15) is 37.2 Å². The molecular formula is C14H17N3O3. The Morgan fingerprint density at radius 2 is 2.15 bits per heavy atom. The summed E-state index contributed by atoms with van der Waals surface area (Å²) in [4.78, 5) is 8.56. The Morgan fingerprint density at radius 1 is 1.35 bits per heavy atom. The third kappa shape index (κ3) is 2.21. The first kappa shape index (κ1) is 13.2. The minimum Gasteiger partial charge on any atom is -0.390 e. The highest BCUT2D eigenvalue weighted by Crippen LogP contribution is 2.40. The number of hydrogen-bond acceptors (Lipinski definition) is 6. The number of nitrogens with zero attached hydrogens (tertiary/aromatic N) is 3. The van der Waals surface area contributed by atoms with E-state index in [4.69, 9.17) is 14.4 Å². The second-order valence-electron chi connectivity index (χ2n) is 5.02. The van der Waals surface area contributed by atoms with Crippen LogP contribution in [0.4, 0.5) is 0 Å². The third-order valence-electron chi connectivity index (χ3n) is 3.87. The van der Waals surface area contributed by atoms with Crippen LogP contribution in [0.3, 0.4) is 0 Å². The van der Waals surface area contributed by atoms with Crippen molar-refractivity contribution < 1.29 is 14.4 Å². The molecule has 0 aromatic carbocycles. The van der Waals surface area contributed by atoms with Gasteiger partial charge in [-0.2, -0.15) is 4.98 Å². The highest BCUT2D eigenvalue weighted by Gasteiger charge is 2.40. The van der Waals surface area contributed by atoms with Gasteiger partial charge in [0.05, 0.1) is 17.9 Å². The summed E-state index contributed by atoms with van der Waals surface area (Å²) in [5.74, 6) is 1.04. The van der Waals surface area contributed by atoms with Crippen molar-refractivity contribution in [3.05, 3.63) is 29.8 Å². The predicted octanol–water partition coefficient (Wildman–Crippen LogP) is 2.04. The smallest absolute Gasteiger partial charge is 0.259 e. The Bertz CT molecular complexity index is 574. The molecule has 2 aromatic heterocycles. The number of ether oxygens (including phenoxy) is 1. The molecule has 0 bridgehead atoms. The summed E-state index contributed by atoms with van der Waals surface area (Å²) < 4.78 is 11.0. The molecule has 6 nitrogen and oxygen atoms in total. The Hall–Kier alpha value is -1.79. The fourth-order valence-electron chi connectivity index (χ4n) is 2.64. The molecule has 0 amide bonds. The van der Waals surface area contributed by atoms with Gasteiger partial charge in [0, 0.05) is 13.3 Å². The van der Waals surface area contributed by atoms with E-state index in [2.05, 4.69) is 15.1 Å². The van der Waals surface area contributed by atoms with Crippen LogP contribution in [-0.2, 0) is 16.9 Å². The van der Waals surface area contributed by atoms with Crippen molar-refractivity contribution in [2.75, 3.05) is 7.11 Å². The molecule has 2 aromatic rings. The van der Waals surface area contributed by atoms with E-state index in [0.29, 0.717) is 17.4 Å². The highest BCUT2D eigenvalue weighted by atomic mass is 16.5. The summed E-state index contributed by atoms with van der Waals surface area (Å²) in [7, 11) is 1.69. The fraction of sp³-hybridized carbons (Fsp3) is 0.500. The van der Waals surface area contributed by atoms with Gasteiger partial charge in [-0.15, -0.1) is 0 Å². The van der Waals surface area contributed by atoms with Crippen molar-refractivity contribution in [3.8, 4) is 11.5 Å². The third-order valence-corrected chi connectivity index (χ3v) is 3.87.